The van der Waals surface area contributed by atoms with Crippen LogP contribution in [0.2, 0.25) is 0 Å². The molecule has 3 rings (SSSR count). The highest BCUT2D eigenvalue weighted by atomic mass is 16.2. The summed E-state index contributed by atoms with van der Waals surface area (Å²) in [4.78, 5) is 28.2. The molecule has 1 heterocycles. The minimum Gasteiger partial charge on any atom is -0.356 e. The topological polar surface area (TPSA) is 71.1 Å². The van der Waals surface area contributed by atoms with Crippen molar-refractivity contribution in [2.24, 2.45) is 11.8 Å². The summed E-state index contributed by atoms with van der Waals surface area (Å²) in [7, 11) is 0. The van der Waals surface area contributed by atoms with Gasteiger partial charge in [0.1, 0.15) is 0 Å². The van der Waals surface area contributed by atoms with E-state index >= 15 is 0 Å². The number of nitrogens with zero attached hydrogens (tertiary/aromatic N) is 1. The molecule has 0 saturated heterocycles. The number of carbonyl (C=O) groups is 2. The third-order valence-electron chi connectivity index (χ3n) is 4.21. The van der Waals surface area contributed by atoms with Crippen molar-refractivity contribution >= 4 is 11.8 Å². The molecule has 2 amide bonds. The minimum absolute atomic E-state index is 0.0209. The number of hydrogen-bond donors (Lipinski definition) is 2. The summed E-state index contributed by atoms with van der Waals surface area (Å²) in [6.45, 7) is 1.05. The fourth-order valence-electron chi connectivity index (χ4n) is 2.70. The highest BCUT2D eigenvalue weighted by Gasteiger charge is 2.47. The van der Waals surface area contributed by atoms with Gasteiger partial charge in [-0.05, 0) is 30.0 Å². The summed E-state index contributed by atoms with van der Waals surface area (Å²) in [6, 6.07) is 13.8. The lowest BCUT2D eigenvalue weighted by Crippen LogP contribution is -2.31. The van der Waals surface area contributed by atoms with Crippen molar-refractivity contribution in [3.8, 4) is 0 Å². The van der Waals surface area contributed by atoms with E-state index in [0.29, 0.717) is 19.5 Å². The third-order valence-corrected chi connectivity index (χ3v) is 4.21. The van der Waals surface area contributed by atoms with Crippen molar-refractivity contribution in [3.05, 3.63) is 66.0 Å². The second-order valence-electron chi connectivity index (χ2n) is 6.05. The van der Waals surface area contributed by atoms with Crippen LogP contribution in [0, 0.1) is 11.8 Å². The van der Waals surface area contributed by atoms with E-state index in [1.807, 2.05) is 42.5 Å². The van der Waals surface area contributed by atoms with Crippen LogP contribution in [0.1, 0.15) is 17.5 Å². The van der Waals surface area contributed by atoms with Gasteiger partial charge in [0.2, 0.25) is 11.8 Å². The van der Waals surface area contributed by atoms with Crippen LogP contribution in [-0.2, 0) is 22.6 Å². The lowest BCUT2D eigenvalue weighted by molar-refractivity contribution is -0.127. The molecule has 2 unspecified atom stereocenters. The molecular formula is C19H21N3O2. The van der Waals surface area contributed by atoms with Gasteiger partial charge in [-0.2, -0.15) is 0 Å². The van der Waals surface area contributed by atoms with Crippen LogP contribution in [0.5, 0.6) is 0 Å². The third kappa shape index (κ3) is 4.41. The molecule has 2 N–H and O–H groups in total. The summed E-state index contributed by atoms with van der Waals surface area (Å²) in [5.41, 5.74) is 2.15. The van der Waals surface area contributed by atoms with Gasteiger partial charge in [-0.1, -0.05) is 36.4 Å². The Balaban J connectivity index is 1.36. The average molecular weight is 323 g/mol. The van der Waals surface area contributed by atoms with Crippen LogP contribution >= 0.6 is 0 Å². The predicted molar refractivity (Wildman–Crippen MR) is 90.8 cm³/mol. The lowest BCUT2D eigenvalue weighted by Gasteiger charge is -2.06. The van der Waals surface area contributed by atoms with Gasteiger partial charge in [-0.15, -0.1) is 0 Å². The first-order chi connectivity index (χ1) is 11.7. The van der Waals surface area contributed by atoms with Gasteiger partial charge in [0.25, 0.3) is 0 Å². The van der Waals surface area contributed by atoms with E-state index < -0.39 is 0 Å². The molecule has 1 aromatic carbocycles. The molecule has 5 nitrogen and oxygen atoms in total. The smallest absolute Gasteiger partial charge is 0.224 e. The van der Waals surface area contributed by atoms with Crippen molar-refractivity contribution in [1.82, 2.24) is 15.6 Å². The first-order valence-corrected chi connectivity index (χ1v) is 8.22. The highest BCUT2D eigenvalue weighted by Crippen LogP contribution is 2.38. The van der Waals surface area contributed by atoms with E-state index in [1.54, 1.807) is 12.4 Å². The molecule has 1 saturated carbocycles. The van der Waals surface area contributed by atoms with Crippen molar-refractivity contribution in [3.63, 3.8) is 0 Å². The number of hydrogen-bond acceptors (Lipinski definition) is 3. The van der Waals surface area contributed by atoms with Gasteiger partial charge in [0.05, 0.1) is 11.8 Å². The zero-order valence-corrected chi connectivity index (χ0v) is 13.4. The van der Waals surface area contributed by atoms with Gasteiger partial charge in [-0.3, -0.25) is 14.6 Å². The first kappa shape index (κ1) is 16.2. The Morgan fingerprint density at radius 2 is 1.67 bits per heavy atom. The number of benzene rings is 1. The summed E-state index contributed by atoms with van der Waals surface area (Å²) < 4.78 is 0. The van der Waals surface area contributed by atoms with Gasteiger partial charge in [0.15, 0.2) is 0 Å². The van der Waals surface area contributed by atoms with E-state index in [9.17, 15) is 9.59 Å². The Morgan fingerprint density at radius 3 is 2.38 bits per heavy atom. The summed E-state index contributed by atoms with van der Waals surface area (Å²) in [5, 5.41) is 5.79. The van der Waals surface area contributed by atoms with E-state index in [2.05, 4.69) is 15.6 Å². The van der Waals surface area contributed by atoms with Crippen molar-refractivity contribution in [2.45, 2.75) is 19.4 Å². The number of nitrogens with one attached hydrogen (secondary N) is 2. The Labute approximate surface area is 141 Å². The van der Waals surface area contributed by atoms with E-state index in [4.69, 9.17) is 0 Å². The van der Waals surface area contributed by atoms with Crippen LogP contribution < -0.4 is 10.6 Å². The summed E-state index contributed by atoms with van der Waals surface area (Å²) >= 11 is 0. The zero-order chi connectivity index (χ0) is 16.8. The van der Waals surface area contributed by atoms with Crippen LogP contribution in [-0.4, -0.2) is 23.3 Å². The quantitative estimate of drug-likeness (QED) is 0.814. The molecule has 24 heavy (non-hydrogen) atoms. The molecule has 1 aliphatic carbocycles. The number of amides is 2. The highest BCUT2D eigenvalue weighted by molar-refractivity contribution is 5.92. The molecule has 0 aliphatic heterocycles. The Kier molecular flexibility index (Phi) is 5.21. The number of pyridine rings is 1. The number of rotatable bonds is 7. The van der Waals surface area contributed by atoms with Crippen molar-refractivity contribution in [1.29, 1.82) is 0 Å². The lowest BCUT2D eigenvalue weighted by atomic mass is 10.1. The molecule has 0 radical (unpaired) electrons. The van der Waals surface area contributed by atoms with Crippen molar-refractivity contribution in [2.75, 3.05) is 6.54 Å². The maximum atomic E-state index is 12.1. The predicted octanol–water partition coefficient (Wildman–Crippen LogP) is 1.69. The summed E-state index contributed by atoms with van der Waals surface area (Å²) in [5.74, 6) is -0.456. The average Bonchev–Trinajstić information content (AvgIpc) is 3.42. The van der Waals surface area contributed by atoms with Gasteiger partial charge in [0, 0.05) is 25.5 Å². The molecule has 1 fully saturated rings. The standard InChI is InChI=1S/C19H21N3O2/c23-18(21-10-8-14-5-2-1-3-6-14)16-11-17(16)19(24)22-13-15-7-4-9-20-12-15/h1-7,9,12,16-17H,8,10-11,13H2,(H,21,23)(H,22,24). The number of aromatic nitrogens is 1. The van der Waals surface area contributed by atoms with Crippen molar-refractivity contribution < 1.29 is 9.59 Å². The van der Waals surface area contributed by atoms with E-state index in [1.165, 1.54) is 5.56 Å². The normalized spacial score (nSPS) is 18.7. The first-order valence-electron chi connectivity index (χ1n) is 8.22. The monoisotopic (exact) mass is 323 g/mol. The number of carbonyl (C=O) groups excluding carboxylic acids is 2. The van der Waals surface area contributed by atoms with Gasteiger partial charge < -0.3 is 10.6 Å². The molecule has 5 heteroatoms. The Morgan fingerprint density at radius 1 is 0.958 bits per heavy atom. The largest absolute Gasteiger partial charge is 0.356 e. The molecule has 0 bridgehead atoms. The SMILES string of the molecule is O=C(NCCc1ccccc1)C1CC1C(=O)NCc1cccnc1. The molecule has 2 aromatic rings. The van der Waals surface area contributed by atoms with E-state index in [-0.39, 0.29) is 23.7 Å². The Bertz CT molecular complexity index is 688. The molecule has 2 atom stereocenters. The van der Waals surface area contributed by atoms with Gasteiger partial charge in [-0.25, -0.2) is 0 Å². The fraction of sp³-hybridized carbons (Fsp3) is 0.316. The molecular weight excluding hydrogens is 302 g/mol. The second kappa shape index (κ2) is 7.73. The molecule has 1 aliphatic rings. The molecule has 124 valence electrons. The van der Waals surface area contributed by atoms with Crippen LogP contribution in [0.3, 0.4) is 0 Å². The van der Waals surface area contributed by atoms with Crippen LogP contribution in [0.15, 0.2) is 54.9 Å². The van der Waals surface area contributed by atoms with Crippen LogP contribution in [0.25, 0.3) is 0 Å². The zero-order valence-electron chi connectivity index (χ0n) is 13.4. The molecule has 0 spiro atoms. The minimum atomic E-state index is -0.196. The fourth-order valence-corrected chi connectivity index (χ4v) is 2.70. The summed E-state index contributed by atoms with van der Waals surface area (Å²) in [6.07, 6.45) is 4.86. The second-order valence-corrected chi connectivity index (χ2v) is 6.05. The van der Waals surface area contributed by atoms with E-state index in [0.717, 1.165) is 12.0 Å². The van der Waals surface area contributed by atoms with Gasteiger partial charge >= 0.3 is 0 Å². The molecule has 1 aromatic heterocycles. The maximum absolute atomic E-state index is 12.1. The maximum Gasteiger partial charge on any atom is 0.224 e. The Hall–Kier alpha value is -2.69. The van der Waals surface area contributed by atoms with Crippen LogP contribution in [0.4, 0.5) is 0 Å².